The van der Waals surface area contributed by atoms with Crippen LogP contribution in [0, 0.1) is 0 Å². The lowest BCUT2D eigenvalue weighted by Crippen LogP contribution is -2.43. The lowest BCUT2D eigenvalue weighted by Gasteiger charge is -2.23. The number of hydrazone groups is 1. The van der Waals surface area contributed by atoms with Crippen molar-refractivity contribution in [2.24, 2.45) is 5.10 Å². The Bertz CT molecular complexity index is 1150. The van der Waals surface area contributed by atoms with Crippen molar-refractivity contribution in [1.82, 2.24) is 15.2 Å². The first kappa shape index (κ1) is 19.7. The van der Waals surface area contributed by atoms with E-state index in [1.165, 1.54) is 11.3 Å². The van der Waals surface area contributed by atoms with Gasteiger partial charge in [0.05, 0.1) is 22.9 Å². The van der Waals surface area contributed by atoms with E-state index in [0.717, 1.165) is 20.4 Å². The van der Waals surface area contributed by atoms with Crippen LogP contribution >= 0.6 is 22.7 Å². The number of thiophene rings is 2. The van der Waals surface area contributed by atoms with Gasteiger partial charge in [0.15, 0.2) is 5.54 Å². The molecule has 5 heterocycles. The minimum Gasteiger partial charge on any atom is -0.466 e. The number of imide groups is 1. The fourth-order valence-corrected chi connectivity index (χ4v) is 5.35. The summed E-state index contributed by atoms with van der Waals surface area (Å²) < 4.78 is 5.34. The number of hydrogen-bond acceptors (Lipinski definition) is 7. The third-order valence-electron chi connectivity index (χ3n) is 5.43. The first-order valence-corrected chi connectivity index (χ1v) is 11.4. The van der Waals surface area contributed by atoms with Gasteiger partial charge in [-0.25, -0.2) is 9.80 Å². The van der Waals surface area contributed by atoms with Crippen LogP contribution in [0.4, 0.5) is 4.79 Å². The van der Waals surface area contributed by atoms with Crippen molar-refractivity contribution in [2.45, 2.75) is 24.9 Å². The van der Waals surface area contributed by atoms with Gasteiger partial charge in [0.2, 0.25) is 0 Å². The summed E-state index contributed by atoms with van der Waals surface area (Å²) in [6.07, 6.45) is 2.02. The summed E-state index contributed by atoms with van der Waals surface area (Å²) in [5.41, 5.74) is -0.524. The molecule has 2 aliphatic heterocycles. The fraction of sp³-hybridized carbons (Fsp3) is 0.238. The second-order valence-electron chi connectivity index (χ2n) is 7.42. The molecule has 1 saturated heterocycles. The molecule has 0 saturated carbocycles. The number of nitrogens with one attached hydrogen (secondary N) is 1. The van der Waals surface area contributed by atoms with Gasteiger partial charge in [-0.05, 0) is 41.9 Å². The maximum absolute atomic E-state index is 13.2. The smallest absolute Gasteiger partial charge is 0.325 e. The Morgan fingerprint density at radius 2 is 2.03 bits per heavy atom. The monoisotopic (exact) mass is 454 g/mol. The van der Waals surface area contributed by atoms with Gasteiger partial charge >= 0.3 is 6.03 Å². The maximum atomic E-state index is 13.2. The second kappa shape index (κ2) is 7.47. The highest BCUT2D eigenvalue weighted by molar-refractivity contribution is 7.12. The molecule has 0 bridgehead atoms. The third kappa shape index (κ3) is 3.28. The van der Waals surface area contributed by atoms with E-state index >= 15 is 0 Å². The van der Waals surface area contributed by atoms with E-state index < -0.39 is 29.9 Å². The number of carbonyl (C=O) groups excluding carboxylic acids is 3. The topological polar surface area (TPSA) is 95.2 Å². The SMILES string of the molecule is C[C@]1(c2ccco2)NC(=O)N(CC(=O)N2N=C(c3cccs3)C[C@@H]2c2cccs2)C1=O. The Kier molecular flexibility index (Phi) is 4.75. The normalized spacial score (nSPS) is 23.4. The highest BCUT2D eigenvalue weighted by Gasteiger charge is 2.52. The van der Waals surface area contributed by atoms with E-state index in [1.807, 2.05) is 35.0 Å². The van der Waals surface area contributed by atoms with Gasteiger partial charge in [-0.1, -0.05) is 12.1 Å². The van der Waals surface area contributed by atoms with Gasteiger partial charge in [0, 0.05) is 11.3 Å². The highest BCUT2D eigenvalue weighted by Crippen LogP contribution is 2.36. The Labute approximate surface area is 185 Å². The minimum absolute atomic E-state index is 0.262. The van der Waals surface area contributed by atoms with Gasteiger partial charge in [0.1, 0.15) is 12.3 Å². The van der Waals surface area contributed by atoms with Crippen molar-refractivity contribution in [1.29, 1.82) is 0 Å². The molecule has 5 rings (SSSR count). The van der Waals surface area contributed by atoms with E-state index in [9.17, 15) is 14.4 Å². The van der Waals surface area contributed by atoms with Gasteiger partial charge in [0.25, 0.3) is 11.8 Å². The van der Waals surface area contributed by atoms with Crippen LogP contribution in [0.3, 0.4) is 0 Å². The van der Waals surface area contributed by atoms with Crippen LogP contribution in [0.2, 0.25) is 0 Å². The molecule has 1 N–H and O–H groups in total. The fourth-order valence-electron chi connectivity index (χ4n) is 3.81. The predicted octanol–water partition coefficient (Wildman–Crippen LogP) is 3.55. The van der Waals surface area contributed by atoms with Crippen LogP contribution < -0.4 is 5.32 Å². The third-order valence-corrected chi connectivity index (χ3v) is 7.32. The average molecular weight is 455 g/mol. The quantitative estimate of drug-likeness (QED) is 0.597. The molecule has 4 amide bonds. The molecule has 1 fully saturated rings. The van der Waals surface area contributed by atoms with E-state index in [4.69, 9.17) is 4.42 Å². The molecule has 0 aliphatic carbocycles. The summed E-state index contributed by atoms with van der Waals surface area (Å²) in [4.78, 5) is 41.7. The number of nitrogens with zero attached hydrogens (tertiary/aromatic N) is 3. The van der Waals surface area contributed by atoms with Crippen molar-refractivity contribution in [3.05, 3.63) is 68.9 Å². The van der Waals surface area contributed by atoms with Gasteiger partial charge in [-0.2, -0.15) is 5.10 Å². The Balaban J connectivity index is 1.40. The molecular formula is C21H18N4O4S2. The molecule has 3 aromatic rings. The summed E-state index contributed by atoms with van der Waals surface area (Å²) in [6, 6.07) is 10.2. The number of carbonyl (C=O) groups is 3. The van der Waals surface area contributed by atoms with Crippen molar-refractivity contribution < 1.29 is 18.8 Å². The number of hydrogen-bond donors (Lipinski definition) is 1. The molecule has 2 aliphatic rings. The first-order valence-electron chi connectivity index (χ1n) is 9.62. The predicted molar refractivity (Wildman–Crippen MR) is 116 cm³/mol. The zero-order chi connectivity index (χ0) is 21.6. The maximum Gasteiger partial charge on any atom is 0.325 e. The molecule has 158 valence electrons. The summed E-state index contributed by atoms with van der Waals surface area (Å²) >= 11 is 3.11. The van der Waals surface area contributed by atoms with Crippen LogP contribution in [0.25, 0.3) is 0 Å². The van der Waals surface area contributed by atoms with Crippen molar-refractivity contribution in [3.8, 4) is 0 Å². The molecule has 0 spiro atoms. The number of amides is 4. The van der Waals surface area contributed by atoms with E-state index in [2.05, 4.69) is 10.4 Å². The van der Waals surface area contributed by atoms with Gasteiger partial charge in [-0.3, -0.25) is 14.5 Å². The highest BCUT2D eigenvalue weighted by atomic mass is 32.1. The molecule has 10 heteroatoms. The molecule has 2 atom stereocenters. The van der Waals surface area contributed by atoms with Gasteiger partial charge in [-0.15, -0.1) is 22.7 Å². The van der Waals surface area contributed by atoms with E-state index in [0.29, 0.717) is 12.2 Å². The summed E-state index contributed by atoms with van der Waals surface area (Å²) in [5.74, 6) is -0.635. The van der Waals surface area contributed by atoms with E-state index in [1.54, 1.807) is 41.7 Å². The summed E-state index contributed by atoms with van der Waals surface area (Å²) in [7, 11) is 0. The number of furan rings is 1. The Morgan fingerprint density at radius 3 is 2.71 bits per heavy atom. The van der Waals surface area contributed by atoms with Crippen LogP contribution in [0.15, 0.2) is 62.9 Å². The largest absolute Gasteiger partial charge is 0.466 e. The summed E-state index contributed by atoms with van der Waals surface area (Å²) in [6.45, 7) is 1.16. The summed E-state index contributed by atoms with van der Waals surface area (Å²) in [5, 5.41) is 12.5. The first-order chi connectivity index (χ1) is 15.0. The zero-order valence-corrected chi connectivity index (χ0v) is 18.1. The second-order valence-corrected chi connectivity index (χ2v) is 9.35. The van der Waals surface area contributed by atoms with E-state index in [-0.39, 0.29) is 6.04 Å². The molecular weight excluding hydrogens is 436 g/mol. The molecule has 0 unspecified atom stereocenters. The van der Waals surface area contributed by atoms with Crippen molar-refractivity contribution in [2.75, 3.05) is 6.54 Å². The van der Waals surface area contributed by atoms with Crippen molar-refractivity contribution >= 4 is 46.2 Å². The van der Waals surface area contributed by atoms with Crippen LogP contribution in [-0.2, 0) is 15.1 Å². The molecule has 8 nitrogen and oxygen atoms in total. The molecule has 31 heavy (non-hydrogen) atoms. The van der Waals surface area contributed by atoms with Crippen LogP contribution in [0.1, 0.15) is 34.9 Å². The minimum atomic E-state index is -1.34. The lowest BCUT2D eigenvalue weighted by atomic mass is 9.99. The van der Waals surface area contributed by atoms with Gasteiger partial charge < -0.3 is 9.73 Å². The standard InChI is InChI=1S/C21H18N4O4S2/c1-21(17-7-2-8-29-17)19(27)24(20(28)22-21)12-18(26)25-14(16-6-4-10-31-16)11-13(23-25)15-5-3-9-30-15/h2-10,14H,11-12H2,1H3,(H,22,28)/t14-,21-/m1/s1. The lowest BCUT2D eigenvalue weighted by molar-refractivity contribution is -0.140. The zero-order valence-electron chi connectivity index (χ0n) is 16.5. The van der Waals surface area contributed by atoms with Crippen molar-refractivity contribution in [3.63, 3.8) is 0 Å². The Morgan fingerprint density at radius 1 is 1.23 bits per heavy atom. The average Bonchev–Trinajstić information content (AvgIpc) is 3.57. The molecule has 3 aromatic heterocycles. The number of urea groups is 1. The Hall–Kier alpha value is -3.24. The molecule has 0 aromatic carbocycles. The number of rotatable bonds is 5. The van der Waals surface area contributed by atoms with Crippen LogP contribution in [-0.4, -0.2) is 40.0 Å². The van der Waals surface area contributed by atoms with Crippen LogP contribution in [0.5, 0.6) is 0 Å². The molecule has 0 radical (unpaired) electrons.